The van der Waals surface area contributed by atoms with E-state index in [4.69, 9.17) is 5.11 Å². The molecule has 0 unspecified atom stereocenters. The van der Waals surface area contributed by atoms with Crippen molar-refractivity contribution in [3.63, 3.8) is 0 Å². The van der Waals surface area contributed by atoms with Crippen LogP contribution in [0.5, 0.6) is 0 Å². The molecular weight excluding hydrogens is 322 g/mol. The Hall–Kier alpha value is -2.77. The molecule has 1 amide bonds. The Bertz CT molecular complexity index is 778. The highest BCUT2D eigenvalue weighted by Gasteiger charge is 2.17. The number of carbonyl (C=O) groups is 2. The molecule has 0 radical (unpaired) electrons. The minimum atomic E-state index is -0.865. The molecule has 0 bridgehead atoms. The van der Waals surface area contributed by atoms with Crippen molar-refractivity contribution in [2.45, 2.75) is 47.0 Å². The second-order valence-electron chi connectivity index (χ2n) is 6.04. The molecule has 0 aliphatic carbocycles. The number of carboxylic acid groups (broad SMARTS) is 1. The molecule has 134 valence electrons. The summed E-state index contributed by atoms with van der Waals surface area (Å²) >= 11 is 0. The summed E-state index contributed by atoms with van der Waals surface area (Å²) in [4.78, 5) is 31.4. The summed E-state index contributed by atoms with van der Waals surface area (Å²) in [5.74, 6) is -0.528. The zero-order valence-corrected chi connectivity index (χ0v) is 15.0. The van der Waals surface area contributed by atoms with Crippen LogP contribution in [0.4, 0.5) is 0 Å². The number of rotatable bonds is 7. The van der Waals surface area contributed by atoms with E-state index in [0.29, 0.717) is 18.9 Å². The molecule has 8 nitrogen and oxygen atoms in total. The first-order valence-electron chi connectivity index (χ1n) is 8.14. The van der Waals surface area contributed by atoms with Gasteiger partial charge in [0.1, 0.15) is 0 Å². The fourth-order valence-corrected chi connectivity index (χ4v) is 2.62. The van der Waals surface area contributed by atoms with Gasteiger partial charge in [-0.25, -0.2) is 14.6 Å². The van der Waals surface area contributed by atoms with Crippen LogP contribution in [0.1, 0.15) is 41.2 Å². The van der Waals surface area contributed by atoms with Crippen molar-refractivity contribution in [1.29, 1.82) is 0 Å². The van der Waals surface area contributed by atoms with Crippen LogP contribution in [-0.4, -0.2) is 43.3 Å². The van der Waals surface area contributed by atoms with Crippen LogP contribution in [0, 0.1) is 27.7 Å². The lowest BCUT2D eigenvalue weighted by atomic mass is 10.1. The van der Waals surface area contributed by atoms with E-state index in [1.807, 2.05) is 33.8 Å². The van der Waals surface area contributed by atoms with E-state index in [9.17, 15) is 9.59 Å². The first-order valence-corrected chi connectivity index (χ1v) is 8.14. The second kappa shape index (κ2) is 7.87. The zero-order valence-electron chi connectivity index (χ0n) is 15.0. The average Bonchev–Trinajstić information content (AvgIpc) is 2.78. The topological polar surface area (TPSA) is 110 Å². The molecule has 25 heavy (non-hydrogen) atoms. The minimum absolute atomic E-state index is 0.0420. The third kappa shape index (κ3) is 4.85. The van der Waals surface area contributed by atoms with Gasteiger partial charge in [-0.1, -0.05) is 0 Å². The van der Waals surface area contributed by atoms with Gasteiger partial charge in [-0.15, -0.1) is 0 Å². The minimum Gasteiger partial charge on any atom is -0.481 e. The molecule has 2 aromatic heterocycles. The van der Waals surface area contributed by atoms with Crippen LogP contribution in [-0.2, 0) is 16.0 Å². The highest BCUT2D eigenvalue weighted by molar-refractivity contribution is 5.79. The molecule has 0 saturated carbocycles. The van der Waals surface area contributed by atoms with Crippen molar-refractivity contribution >= 4 is 11.9 Å². The van der Waals surface area contributed by atoms with Gasteiger partial charge in [0.25, 0.3) is 5.95 Å². The molecule has 0 aromatic carbocycles. The maximum absolute atomic E-state index is 12.1. The molecule has 0 saturated heterocycles. The third-order valence-electron chi connectivity index (χ3n) is 3.83. The van der Waals surface area contributed by atoms with Crippen molar-refractivity contribution in [3.8, 4) is 5.95 Å². The largest absolute Gasteiger partial charge is 0.481 e. The van der Waals surface area contributed by atoms with Gasteiger partial charge in [0.05, 0.1) is 12.1 Å². The van der Waals surface area contributed by atoms with Gasteiger partial charge in [-0.05, 0) is 40.2 Å². The number of amides is 1. The molecule has 8 heteroatoms. The quantitative estimate of drug-likeness (QED) is 0.734. The first-order chi connectivity index (χ1) is 11.8. The molecule has 0 atom stereocenters. The van der Waals surface area contributed by atoms with Gasteiger partial charge in [0.15, 0.2) is 0 Å². The third-order valence-corrected chi connectivity index (χ3v) is 3.83. The van der Waals surface area contributed by atoms with Crippen molar-refractivity contribution in [2.75, 3.05) is 6.54 Å². The lowest BCUT2D eigenvalue weighted by Crippen LogP contribution is -2.26. The molecule has 2 rings (SSSR count). The maximum atomic E-state index is 12.1. The number of aliphatic carboxylic acids is 1. The van der Waals surface area contributed by atoms with Crippen molar-refractivity contribution < 1.29 is 14.7 Å². The number of hydrogen-bond acceptors (Lipinski definition) is 5. The molecule has 2 aromatic rings. The monoisotopic (exact) mass is 345 g/mol. The van der Waals surface area contributed by atoms with Crippen LogP contribution in [0.3, 0.4) is 0 Å². The number of carboxylic acids is 1. The van der Waals surface area contributed by atoms with Gasteiger partial charge in [0.2, 0.25) is 5.91 Å². The molecule has 0 aliphatic heterocycles. The normalized spacial score (nSPS) is 10.7. The van der Waals surface area contributed by atoms with E-state index in [2.05, 4.69) is 20.4 Å². The van der Waals surface area contributed by atoms with E-state index in [0.717, 1.165) is 28.3 Å². The number of hydrogen-bond donors (Lipinski definition) is 2. The predicted molar refractivity (Wildman–Crippen MR) is 91.7 cm³/mol. The number of aromatic nitrogens is 4. The van der Waals surface area contributed by atoms with Crippen LogP contribution >= 0.6 is 0 Å². The van der Waals surface area contributed by atoms with Crippen LogP contribution in [0.2, 0.25) is 0 Å². The SMILES string of the molecule is Cc1cc(C)nc(-n2nc(C)c(CC(=O)NCCCC(=O)O)c2C)n1. The standard InChI is InChI=1S/C17H23N5O3/c1-10-8-11(2)20-17(19-10)22-13(4)14(12(3)21-22)9-15(23)18-7-5-6-16(24)25/h8H,5-7,9H2,1-4H3,(H,18,23)(H,24,25). The van der Waals surface area contributed by atoms with E-state index in [-0.39, 0.29) is 18.7 Å². The summed E-state index contributed by atoms with van der Waals surface area (Å²) in [6.07, 6.45) is 0.643. The van der Waals surface area contributed by atoms with Gasteiger partial charge >= 0.3 is 5.97 Å². The van der Waals surface area contributed by atoms with E-state index in [1.54, 1.807) is 4.68 Å². The number of nitrogens with zero attached hydrogens (tertiary/aromatic N) is 4. The molecule has 2 N–H and O–H groups in total. The molecule has 0 spiro atoms. The smallest absolute Gasteiger partial charge is 0.303 e. The molecule has 0 fully saturated rings. The van der Waals surface area contributed by atoms with E-state index < -0.39 is 5.97 Å². The summed E-state index contributed by atoms with van der Waals surface area (Å²) in [5.41, 5.74) is 4.11. The van der Waals surface area contributed by atoms with Crippen molar-refractivity contribution in [2.24, 2.45) is 0 Å². The highest BCUT2D eigenvalue weighted by atomic mass is 16.4. The molecule has 2 heterocycles. The Morgan fingerprint density at radius 2 is 1.80 bits per heavy atom. The lowest BCUT2D eigenvalue weighted by Gasteiger charge is -2.07. The Morgan fingerprint density at radius 1 is 1.16 bits per heavy atom. The summed E-state index contributed by atoms with van der Waals surface area (Å²) in [6.45, 7) is 7.87. The summed E-state index contributed by atoms with van der Waals surface area (Å²) < 4.78 is 1.66. The van der Waals surface area contributed by atoms with Gasteiger partial charge < -0.3 is 10.4 Å². The van der Waals surface area contributed by atoms with Crippen molar-refractivity contribution in [3.05, 3.63) is 34.4 Å². The lowest BCUT2D eigenvalue weighted by molar-refractivity contribution is -0.137. The number of aryl methyl sites for hydroxylation is 3. The summed E-state index contributed by atoms with van der Waals surface area (Å²) in [7, 11) is 0. The fourth-order valence-electron chi connectivity index (χ4n) is 2.62. The van der Waals surface area contributed by atoms with Crippen molar-refractivity contribution in [1.82, 2.24) is 25.1 Å². The zero-order chi connectivity index (χ0) is 18.6. The molecular formula is C17H23N5O3. The fraction of sp³-hybridized carbons (Fsp3) is 0.471. The van der Waals surface area contributed by atoms with Crippen LogP contribution < -0.4 is 5.32 Å². The molecule has 0 aliphatic rings. The highest BCUT2D eigenvalue weighted by Crippen LogP contribution is 2.17. The maximum Gasteiger partial charge on any atom is 0.303 e. The second-order valence-corrected chi connectivity index (χ2v) is 6.04. The Morgan fingerprint density at radius 3 is 2.40 bits per heavy atom. The van der Waals surface area contributed by atoms with Crippen LogP contribution in [0.25, 0.3) is 5.95 Å². The average molecular weight is 345 g/mol. The number of carbonyl (C=O) groups excluding carboxylic acids is 1. The van der Waals surface area contributed by atoms with Gasteiger partial charge in [-0.3, -0.25) is 9.59 Å². The van der Waals surface area contributed by atoms with E-state index in [1.165, 1.54) is 0 Å². The number of nitrogens with one attached hydrogen (secondary N) is 1. The predicted octanol–water partition coefficient (Wildman–Crippen LogP) is 1.42. The Balaban J connectivity index is 2.11. The Kier molecular flexibility index (Phi) is 5.84. The van der Waals surface area contributed by atoms with Gasteiger partial charge in [0, 0.05) is 35.6 Å². The summed E-state index contributed by atoms with van der Waals surface area (Å²) in [5, 5.41) is 15.8. The Labute approximate surface area is 146 Å². The first kappa shape index (κ1) is 18.6. The van der Waals surface area contributed by atoms with E-state index >= 15 is 0 Å². The summed E-state index contributed by atoms with van der Waals surface area (Å²) in [6, 6.07) is 1.89. The van der Waals surface area contributed by atoms with Crippen LogP contribution in [0.15, 0.2) is 6.07 Å². The van der Waals surface area contributed by atoms with Gasteiger partial charge in [-0.2, -0.15) is 5.10 Å².